The number of aliphatic hydroxyl groups excluding tert-OH is 3. The van der Waals surface area contributed by atoms with E-state index in [-0.39, 0.29) is 0 Å². The molecule has 0 atom stereocenters. The number of hydrogen-bond acceptors (Lipinski definition) is 3. The molecule has 0 radical (unpaired) electrons. The molecule has 0 aromatic rings. The summed E-state index contributed by atoms with van der Waals surface area (Å²) in [4.78, 5) is 0. The highest BCUT2D eigenvalue weighted by Crippen LogP contribution is 1.56. The molecule has 0 heterocycles. The Morgan fingerprint density at radius 2 is 0.667 bits per heavy atom. The van der Waals surface area contributed by atoms with Gasteiger partial charge in [-0.1, -0.05) is 20.3 Å². The van der Waals surface area contributed by atoms with Gasteiger partial charge in [-0.3, -0.25) is 0 Å². The van der Waals surface area contributed by atoms with E-state index < -0.39 is 0 Å². The summed E-state index contributed by atoms with van der Waals surface area (Å²) >= 11 is 0. The van der Waals surface area contributed by atoms with Crippen LogP contribution >= 0.6 is 0 Å². The molecule has 0 saturated heterocycles. The second-order valence-electron chi connectivity index (χ2n) is 0.707. The van der Waals surface area contributed by atoms with E-state index in [0.29, 0.717) is 0 Å². The van der Waals surface area contributed by atoms with E-state index in [1.807, 2.05) is 0 Å². The molecule has 0 fully saturated rings. The molecule has 9 heavy (non-hydrogen) atoms. The highest BCUT2D eigenvalue weighted by molar-refractivity contribution is 3.92. The topological polar surface area (TPSA) is 60.7 Å². The SMILES string of the molecule is CCC.CO.CO.CO. The van der Waals surface area contributed by atoms with E-state index in [4.69, 9.17) is 15.3 Å². The van der Waals surface area contributed by atoms with Crippen LogP contribution in [-0.2, 0) is 0 Å². The first-order valence-corrected chi connectivity index (χ1v) is 2.76. The van der Waals surface area contributed by atoms with Crippen LogP contribution in [0.25, 0.3) is 0 Å². The van der Waals surface area contributed by atoms with Crippen molar-refractivity contribution >= 4 is 0 Å². The Morgan fingerprint density at radius 3 is 0.667 bits per heavy atom. The van der Waals surface area contributed by atoms with Crippen LogP contribution in [0.5, 0.6) is 0 Å². The molecule has 0 aliphatic carbocycles. The van der Waals surface area contributed by atoms with E-state index in [2.05, 4.69) is 13.8 Å². The molecule has 0 unspecified atom stereocenters. The first kappa shape index (κ1) is 23.2. The zero-order valence-corrected chi connectivity index (χ0v) is 7.05. The lowest BCUT2D eigenvalue weighted by molar-refractivity contribution is 0.399. The summed E-state index contributed by atoms with van der Waals surface area (Å²) in [5, 5.41) is 21.0. The Labute approximate surface area is 58.0 Å². The number of rotatable bonds is 0. The van der Waals surface area contributed by atoms with Gasteiger partial charge in [-0.2, -0.15) is 0 Å². The van der Waals surface area contributed by atoms with Crippen LogP contribution in [0.4, 0.5) is 0 Å². The summed E-state index contributed by atoms with van der Waals surface area (Å²) in [6.45, 7) is 4.25. The Morgan fingerprint density at radius 1 is 0.667 bits per heavy atom. The van der Waals surface area contributed by atoms with Crippen LogP contribution in [0.3, 0.4) is 0 Å². The summed E-state index contributed by atoms with van der Waals surface area (Å²) in [6.07, 6.45) is 1.25. The van der Waals surface area contributed by atoms with Gasteiger partial charge < -0.3 is 15.3 Å². The van der Waals surface area contributed by atoms with Gasteiger partial charge in [0.25, 0.3) is 0 Å². The second-order valence-corrected chi connectivity index (χ2v) is 0.707. The minimum Gasteiger partial charge on any atom is -0.400 e. The van der Waals surface area contributed by atoms with E-state index in [9.17, 15) is 0 Å². The van der Waals surface area contributed by atoms with E-state index >= 15 is 0 Å². The Balaban J connectivity index is -0.0000000190. The molecule has 0 aliphatic heterocycles. The molecule has 62 valence electrons. The molecule has 3 N–H and O–H groups in total. The fourth-order valence-corrected chi connectivity index (χ4v) is 0. The Bertz CT molecular complexity index is 8.26. The van der Waals surface area contributed by atoms with Crippen molar-refractivity contribution in [3.05, 3.63) is 0 Å². The first-order chi connectivity index (χ1) is 4.41. The molecule has 3 heteroatoms. The number of hydrogen-bond donors (Lipinski definition) is 3. The van der Waals surface area contributed by atoms with Crippen molar-refractivity contribution in [3.8, 4) is 0 Å². The highest BCUT2D eigenvalue weighted by Gasteiger charge is 1.35. The quantitative estimate of drug-likeness (QED) is 0.452. The summed E-state index contributed by atoms with van der Waals surface area (Å²) < 4.78 is 0. The summed E-state index contributed by atoms with van der Waals surface area (Å²) in [5.74, 6) is 0. The smallest absolute Gasteiger partial charge is 0.0319 e. The van der Waals surface area contributed by atoms with Crippen molar-refractivity contribution in [1.82, 2.24) is 0 Å². The number of aliphatic hydroxyl groups is 3. The molecule has 0 aromatic carbocycles. The van der Waals surface area contributed by atoms with Gasteiger partial charge in [-0.05, 0) is 0 Å². The Hall–Kier alpha value is -0.120. The summed E-state index contributed by atoms with van der Waals surface area (Å²) in [7, 11) is 3.00. The van der Waals surface area contributed by atoms with Gasteiger partial charge in [0.2, 0.25) is 0 Å². The minimum atomic E-state index is 1.00. The van der Waals surface area contributed by atoms with Crippen LogP contribution in [0, 0.1) is 0 Å². The molecule has 0 rings (SSSR count). The summed E-state index contributed by atoms with van der Waals surface area (Å²) in [6, 6.07) is 0. The molecule has 0 spiro atoms. The van der Waals surface area contributed by atoms with Gasteiger partial charge >= 0.3 is 0 Å². The molecular formula is C6H20O3. The van der Waals surface area contributed by atoms with E-state index in [1.54, 1.807) is 0 Å². The lowest BCUT2D eigenvalue weighted by Crippen LogP contribution is -1.27. The highest BCUT2D eigenvalue weighted by atomic mass is 16.2. The van der Waals surface area contributed by atoms with Gasteiger partial charge in [0, 0.05) is 21.3 Å². The molecule has 0 aromatic heterocycles. The van der Waals surface area contributed by atoms with Crippen LogP contribution < -0.4 is 0 Å². The maximum Gasteiger partial charge on any atom is 0.0319 e. The van der Waals surface area contributed by atoms with Gasteiger partial charge in [0.05, 0.1) is 0 Å². The average Bonchev–Trinajstić information content (AvgIpc) is 2.01. The fourth-order valence-electron chi connectivity index (χ4n) is 0. The zero-order chi connectivity index (χ0) is 8.71. The normalized spacial score (nSPS) is 4.00. The van der Waals surface area contributed by atoms with Crippen molar-refractivity contribution < 1.29 is 15.3 Å². The van der Waals surface area contributed by atoms with Crippen LogP contribution in [0.1, 0.15) is 20.3 Å². The van der Waals surface area contributed by atoms with Crippen molar-refractivity contribution in [1.29, 1.82) is 0 Å². The van der Waals surface area contributed by atoms with Crippen LogP contribution in [0.15, 0.2) is 0 Å². The predicted molar refractivity (Wildman–Crippen MR) is 40.4 cm³/mol. The average molecular weight is 140 g/mol. The van der Waals surface area contributed by atoms with Crippen LogP contribution in [-0.4, -0.2) is 36.6 Å². The molecule has 3 nitrogen and oxygen atoms in total. The van der Waals surface area contributed by atoms with Crippen LogP contribution in [0.2, 0.25) is 0 Å². The minimum absolute atomic E-state index is 1.00. The summed E-state index contributed by atoms with van der Waals surface area (Å²) in [5.41, 5.74) is 0. The van der Waals surface area contributed by atoms with Crippen molar-refractivity contribution in [3.63, 3.8) is 0 Å². The molecule has 0 saturated carbocycles. The first-order valence-electron chi connectivity index (χ1n) is 2.76. The third-order valence-electron chi connectivity index (χ3n) is 0. The molecule has 0 aliphatic rings. The second kappa shape index (κ2) is 482. The maximum atomic E-state index is 7.00. The van der Waals surface area contributed by atoms with Gasteiger partial charge in [0.15, 0.2) is 0 Å². The fraction of sp³-hybridized carbons (Fsp3) is 1.00. The van der Waals surface area contributed by atoms with Gasteiger partial charge in [-0.25, -0.2) is 0 Å². The lowest BCUT2D eigenvalue weighted by atomic mass is 10.6. The van der Waals surface area contributed by atoms with Gasteiger partial charge in [0.1, 0.15) is 0 Å². The predicted octanol–water partition coefficient (Wildman–Crippen LogP) is 0.242. The van der Waals surface area contributed by atoms with E-state index in [0.717, 1.165) is 21.3 Å². The van der Waals surface area contributed by atoms with Crippen molar-refractivity contribution in [2.75, 3.05) is 21.3 Å². The van der Waals surface area contributed by atoms with Crippen molar-refractivity contribution in [2.45, 2.75) is 20.3 Å². The van der Waals surface area contributed by atoms with Gasteiger partial charge in [-0.15, -0.1) is 0 Å². The third kappa shape index (κ3) is 18900. The lowest BCUT2D eigenvalue weighted by Gasteiger charge is -1.48. The monoisotopic (exact) mass is 140 g/mol. The largest absolute Gasteiger partial charge is 0.400 e. The van der Waals surface area contributed by atoms with E-state index in [1.165, 1.54) is 6.42 Å². The van der Waals surface area contributed by atoms with Crippen molar-refractivity contribution in [2.24, 2.45) is 0 Å². The standard InChI is InChI=1S/C3H8.3CH4O/c1-3-2;3*1-2/h3H2,1-2H3;3*2H,1H3. The maximum absolute atomic E-state index is 7.00. The third-order valence-corrected chi connectivity index (χ3v) is 0. The molecule has 0 bridgehead atoms. The molecule has 0 amide bonds. The zero-order valence-electron chi connectivity index (χ0n) is 7.05. The molecular weight excluding hydrogens is 120 g/mol. The Kier molecular flexibility index (Phi) is 1240.